The number of hydrogen-bond acceptors (Lipinski definition) is 4. The highest BCUT2D eigenvalue weighted by Gasteiger charge is 2.16. The molecule has 0 aliphatic rings. The monoisotopic (exact) mass is 397 g/mol. The van der Waals surface area contributed by atoms with Gasteiger partial charge in [0, 0.05) is 23.8 Å². The van der Waals surface area contributed by atoms with Crippen LogP contribution in [-0.2, 0) is 13.0 Å². The number of ether oxygens (including phenoxy) is 1. The molecule has 5 nitrogen and oxygen atoms in total. The maximum Gasteiger partial charge on any atom is 0.315 e. The highest BCUT2D eigenvalue weighted by molar-refractivity contribution is 7.17. The fourth-order valence-corrected chi connectivity index (χ4v) is 4.06. The molecule has 0 spiro atoms. The van der Waals surface area contributed by atoms with Crippen molar-refractivity contribution in [2.45, 2.75) is 19.0 Å². The van der Waals surface area contributed by atoms with Crippen LogP contribution in [-0.4, -0.2) is 44.7 Å². The first-order chi connectivity index (χ1) is 13.6. The summed E-state index contributed by atoms with van der Waals surface area (Å²) in [6, 6.07) is 16.2. The zero-order valence-electron chi connectivity index (χ0n) is 16.6. The average Bonchev–Trinajstić information content (AvgIpc) is 3.12. The van der Waals surface area contributed by atoms with Crippen molar-refractivity contribution in [3.8, 4) is 5.75 Å². The minimum atomic E-state index is -0.155. The number of benzene rings is 2. The van der Waals surface area contributed by atoms with Gasteiger partial charge in [0.25, 0.3) is 0 Å². The van der Waals surface area contributed by atoms with E-state index in [-0.39, 0.29) is 12.1 Å². The quantitative estimate of drug-likeness (QED) is 0.606. The molecule has 0 aliphatic heterocycles. The number of amides is 2. The first kappa shape index (κ1) is 20.2. The van der Waals surface area contributed by atoms with E-state index in [4.69, 9.17) is 4.74 Å². The van der Waals surface area contributed by atoms with Gasteiger partial charge in [-0.25, -0.2) is 4.79 Å². The first-order valence-corrected chi connectivity index (χ1v) is 10.2. The maximum atomic E-state index is 12.2. The van der Waals surface area contributed by atoms with Gasteiger partial charge < -0.3 is 20.3 Å². The molecule has 1 atom stereocenters. The van der Waals surface area contributed by atoms with Crippen LogP contribution in [0.5, 0.6) is 5.75 Å². The summed E-state index contributed by atoms with van der Waals surface area (Å²) >= 11 is 1.77. The summed E-state index contributed by atoms with van der Waals surface area (Å²) in [5.41, 5.74) is 2.37. The Morgan fingerprint density at radius 3 is 2.57 bits per heavy atom. The Labute approximate surface area is 170 Å². The van der Waals surface area contributed by atoms with E-state index in [9.17, 15) is 4.79 Å². The van der Waals surface area contributed by atoms with Crippen molar-refractivity contribution in [1.29, 1.82) is 0 Å². The number of rotatable bonds is 8. The van der Waals surface area contributed by atoms with Crippen LogP contribution in [0.3, 0.4) is 0 Å². The van der Waals surface area contributed by atoms with Gasteiger partial charge in [-0.05, 0) is 60.6 Å². The van der Waals surface area contributed by atoms with Crippen molar-refractivity contribution in [3.63, 3.8) is 0 Å². The van der Waals surface area contributed by atoms with E-state index >= 15 is 0 Å². The van der Waals surface area contributed by atoms with Gasteiger partial charge in [-0.15, -0.1) is 11.3 Å². The molecule has 1 heterocycles. The first-order valence-electron chi connectivity index (χ1n) is 9.33. The molecule has 0 aliphatic carbocycles. The second kappa shape index (κ2) is 9.57. The summed E-state index contributed by atoms with van der Waals surface area (Å²) in [5.74, 6) is 0.808. The molecular weight excluding hydrogens is 370 g/mol. The van der Waals surface area contributed by atoms with Crippen LogP contribution in [0, 0.1) is 0 Å². The highest BCUT2D eigenvalue weighted by Crippen LogP contribution is 2.27. The summed E-state index contributed by atoms with van der Waals surface area (Å²) in [6.07, 6.45) is 0.899. The van der Waals surface area contributed by atoms with Crippen LogP contribution in [0.2, 0.25) is 0 Å². The van der Waals surface area contributed by atoms with Crippen molar-refractivity contribution in [2.75, 3.05) is 27.7 Å². The normalized spacial score (nSPS) is 12.1. The summed E-state index contributed by atoms with van der Waals surface area (Å²) in [5, 5.41) is 9.45. The summed E-state index contributed by atoms with van der Waals surface area (Å²) in [6.45, 7) is 1.07. The molecule has 0 radical (unpaired) electrons. The summed E-state index contributed by atoms with van der Waals surface area (Å²) in [4.78, 5) is 14.4. The van der Waals surface area contributed by atoms with E-state index in [2.05, 4.69) is 59.3 Å². The van der Waals surface area contributed by atoms with Crippen molar-refractivity contribution >= 4 is 27.5 Å². The molecule has 148 valence electrons. The fourth-order valence-electron chi connectivity index (χ4n) is 3.08. The van der Waals surface area contributed by atoms with Gasteiger partial charge in [-0.1, -0.05) is 30.3 Å². The molecular formula is C22H27N3O2S. The van der Waals surface area contributed by atoms with Gasteiger partial charge in [0.15, 0.2) is 0 Å². The lowest BCUT2D eigenvalue weighted by Crippen LogP contribution is -2.44. The number of urea groups is 1. The van der Waals surface area contributed by atoms with Crippen LogP contribution >= 0.6 is 11.3 Å². The number of nitrogens with zero attached hydrogens (tertiary/aromatic N) is 1. The summed E-state index contributed by atoms with van der Waals surface area (Å²) < 4.78 is 6.45. The minimum absolute atomic E-state index is 0.155. The van der Waals surface area contributed by atoms with Gasteiger partial charge >= 0.3 is 6.03 Å². The number of thiophene rings is 1. The topological polar surface area (TPSA) is 53.6 Å². The summed E-state index contributed by atoms with van der Waals surface area (Å²) in [7, 11) is 5.74. The zero-order valence-corrected chi connectivity index (χ0v) is 17.4. The third-order valence-corrected chi connectivity index (χ3v) is 5.87. The Balaban J connectivity index is 1.52. The number of carbonyl (C=O) groups excluding carboxylic acids is 1. The lowest BCUT2D eigenvalue weighted by atomic mass is 10.0. The number of likely N-dealkylation sites (N-methyl/N-ethyl adjacent to an activating group) is 1. The van der Waals surface area contributed by atoms with Gasteiger partial charge in [-0.2, -0.15) is 0 Å². The third kappa shape index (κ3) is 5.24. The van der Waals surface area contributed by atoms with E-state index in [1.807, 2.05) is 24.3 Å². The predicted molar refractivity (Wildman–Crippen MR) is 116 cm³/mol. The molecule has 28 heavy (non-hydrogen) atoms. The van der Waals surface area contributed by atoms with E-state index in [1.54, 1.807) is 18.4 Å². The predicted octanol–water partition coefficient (Wildman–Crippen LogP) is 3.88. The lowest BCUT2D eigenvalue weighted by Gasteiger charge is -2.24. The Morgan fingerprint density at radius 2 is 1.86 bits per heavy atom. The molecule has 2 amide bonds. The molecule has 3 rings (SSSR count). The zero-order chi connectivity index (χ0) is 19.9. The molecule has 0 bridgehead atoms. The second-order valence-electron chi connectivity index (χ2n) is 6.99. The molecule has 0 saturated carbocycles. The fraction of sp³-hybridized carbons (Fsp3) is 0.318. The van der Waals surface area contributed by atoms with E-state index in [1.165, 1.54) is 15.6 Å². The maximum absolute atomic E-state index is 12.2. The van der Waals surface area contributed by atoms with Crippen molar-refractivity contribution < 1.29 is 9.53 Å². The largest absolute Gasteiger partial charge is 0.497 e. The van der Waals surface area contributed by atoms with E-state index in [0.29, 0.717) is 13.1 Å². The molecule has 0 unspecified atom stereocenters. The van der Waals surface area contributed by atoms with E-state index in [0.717, 1.165) is 17.7 Å². The molecule has 3 aromatic rings. The van der Waals surface area contributed by atoms with Crippen LogP contribution in [0.15, 0.2) is 53.9 Å². The lowest BCUT2D eigenvalue weighted by molar-refractivity contribution is 0.231. The second-order valence-corrected chi connectivity index (χ2v) is 7.90. The number of nitrogens with one attached hydrogen (secondary N) is 2. The molecule has 0 saturated heterocycles. The Morgan fingerprint density at radius 1 is 1.11 bits per heavy atom. The van der Waals surface area contributed by atoms with Crippen molar-refractivity contribution in [1.82, 2.24) is 15.5 Å². The molecule has 6 heteroatoms. The standard InChI is InChI=1S/C22H27N3O2S/c1-25(2)18(12-17-15-28-21-7-5-4-6-20(17)21)14-24-22(26)23-13-16-8-10-19(27-3)11-9-16/h4-11,15,18H,12-14H2,1-3H3,(H2,23,24,26)/t18-/m0/s1. The van der Waals surface area contributed by atoms with Gasteiger partial charge in [0.2, 0.25) is 0 Å². The van der Waals surface area contributed by atoms with Crippen LogP contribution in [0.4, 0.5) is 4.79 Å². The van der Waals surface area contributed by atoms with Crippen LogP contribution < -0.4 is 15.4 Å². The minimum Gasteiger partial charge on any atom is -0.497 e. The van der Waals surface area contributed by atoms with Crippen molar-refractivity contribution in [2.24, 2.45) is 0 Å². The Kier molecular flexibility index (Phi) is 6.90. The average molecular weight is 398 g/mol. The third-order valence-electron chi connectivity index (χ3n) is 4.86. The molecule has 1 aromatic heterocycles. The van der Waals surface area contributed by atoms with Gasteiger partial charge in [-0.3, -0.25) is 0 Å². The van der Waals surface area contributed by atoms with E-state index < -0.39 is 0 Å². The van der Waals surface area contributed by atoms with Crippen LogP contribution in [0.1, 0.15) is 11.1 Å². The number of carbonyl (C=O) groups is 1. The van der Waals surface area contributed by atoms with Crippen LogP contribution in [0.25, 0.3) is 10.1 Å². The van der Waals surface area contributed by atoms with Crippen molar-refractivity contribution in [3.05, 3.63) is 65.0 Å². The molecule has 0 fully saturated rings. The van der Waals surface area contributed by atoms with Gasteiger partial charge in [0.1, 0.15) is 5.75 Å². The number of fused-ring (bicyclic) bond motifs is 1. The Bertz CT molecular complexity index is 906. The SMILES string of the molecule is COc1ccc(CNC(=O)NC[C@H](Cc2csc3ccccc23)N(C)C)cc1. The Hall–Kier alpha value is -2.57. The highest BCUT2D eigenvalue weighted by atomic mass is 32.1. The number of methoxy groups -OCH3 is 1. The smallest absolute Gasteiger partial charge is 0.315 e. The molecule has 2 aromatic carbocycles. The van der Waals surface area contributed by atoms with Gasteiger partial charge in [0.05, 0.1) is 7.11 Å². The number of hydrogen-bond donors (Lipinski definition) is 2. The molecule has 2 N–H and O–H groups in total.